The highest BCUT2D eigenvalue weighted by molar-refractivity contribution is 7.98. The molecular formula is C13H18F3NOS. The zero-order chi connectivity index (χ0) is 14.3. The van der Waals surface area contributed by atoms with Crippen LogP contribution in [0.1, 0.15) is 24.9 Å². The van der Waals surface area contributed by atoms with Gasteiger partial charge < -0.3 is 10.1 Å². The third-order valence-corrected chi connectivity index (χ3v) is 3.23. The Morgan fingerprint density at radius 2 is 2.00 bits per heavy atom. The van der Waals surface area contributed by atoms with Crippen LogP contribution >= 0.6 is 11.8 Å². The van der Waals surface area contributed by atoms with E-state index in [9.17, 15) is 13.2 Å². The first-order chi connectivity index (χ1) is 8.98. The summed E-state index contributed by atoms with van der Waals surface area (Å²) in [6.07, 6.45) is -1.93. The first-order valence-corrected chi connectivity index (χ1v) is 7.44. The quantitative estimate of drug-likeness (QED) is 0.821. The normalized spacial score (nSPS) is 13.3. The molecule has 1 atom stereocenters. The highest BCUT2D eigenvalue weighted by Crippen LogP contribution is 2.32. The van der Waals surface area contributed by atoms with Crippen LogP contribution in [0.4, 0.5) is 13.2 Å². The molecule has 0 aliphatic heterocycles. The van der Waals surface area contributed by atoms with Crippen molar-refractivity contribution in [2.75, 3.05) is 18.6 Å². The van der Waals surface area contributed by atoms with Gasteiger partial charge in [0.1, 0.15) is 5.75 Å². The maximum absolute atomic E-state index is 12.4. The zero-order valence-electron chi connectivity index (χ0n) is 11.0. The summed E-state index contributed by atoms with van der Waals surface area (Å²) in [5.74, 6) is 0.750. The van der Waals surface area contributed by atoms with E-state index < -0.39 is 6.36 Å². The minimum absolute atomic E-state index is 0.123. The van der Waals surface area contributed by atoms with E-state index in [-0.39, 0.29) is 11.8 Å². The Kier molecular flexibility index (Phi) is 6.51. The molecule has 0 bridgehead atoms. The summed E-state index contributed by atoms with van der Waals surface area (Å²) >= 11 is 1.67. The van der Waals surface area contributed by atoms with Crippen LogP contribution in [0.2, 0.25) is 0 Å². The van der Waals surface area contributed by atoms with Crippen LogP contribution in [0.5, 0.6) is 5.75 Å². The molecule has 0 spiro atoms. The topological polar surface area (TPSA) is 21.3 Å². The monoisotopic (exact) mass is 293 g/mol. The lowest BCUT2D eigenvalue weighted by molar-refractivity contribution is -0.275. The van der Waals surface area contributed by atoms with E-state index in [0.717, 1.165) is 12.2 Å². The molecule has 1 rings (SSSR count). The lowest BCUT2D eigenvalue weighted by atomic mass is 10.0. The fourth-order valence-electron chi connectivity index (χ4n) is 1.84. The average molecular weight is 293 g/mol. The molecule has 0 aromatic heterocycles. The van der Waals surface area contributed by atoms with E-state index in [1.807, 2.05) is 13.2 Å². The summed E-state index contributed by atoms with van der Waals surface area (Å²) in [4.78, 5) is 0. The average Bonchev–Trinajstić information content (AvgIpc) is 2.33. The molecular weight excluding hydrogens is 275 g/mol. The molecule has 1 unspecified atom stereocenters. The predicted octanol–water partition coefficient (Wildman–Crippen LogP) is 3.99. The van der Waals surface area contributed by atoms with Crippen LogP contribution in [0.3, 0.4) is 0 Å². The molecule has 108 valence electrons. The Bertz CT molecular complexity index is 384. The number of benzene rings is 1. The predicted molar refractivity (Wildman–Crippen MR) is 72.5 cm³/mol. The Balaban J connectivity index is 2.94. The maximum atomic E-state index is 12.4. The number of alkyl halides is 3. The second kappa shape index (κ2) is 7.65. The number of para-hydroxylation sites is 1. The van der Waals surface area contributed by atoms with E-state index in [2.05, 4.69) is 10.1 Å². The Morgan fingerprint density at radius 3 is 2.58 bits per heavy atom. The second-order valence-corrected chi connectivity index (χ2v) is 4.96. The summed E-state index contributed by atoms with van der Waals surface area (Å²) in [7, 11) is 0. The van der Waals surface area contributed by atoms with Crippen LogP contribution in [0, 0.1) is 0 Å². The molecule has 0 fully saturated rings. The van der Waals surface area contributed by atoms with E-state index in [1.165, 1.54) is 6.07 Å². The number of rotatable bonds is 7. The SMILES string of the molecule is CCNC(CCSC)c1ccccc1OC(F)(F)F. The van der Waals surface area contributed by atoms with Crippen molar-refractivity contribution < 1.29 is 17.9 Å². The van der Waals surface area contributed by atoms with Gasteiger partial charge in [0, 0.05) is 11.6 Å². The standard InChI is InChI=1S/C13H18F3NOS/c1-3-17-11(8-9-19-2)10-6-4-5-7-12(10)18-13(14,15)16/h4-7,11,17H,3,8-9H2,1-2H3. The van der Waals surface area contributed by atoms with Crippen LogP contribution < -0.4 is 10.1 Å². The first kappa shape index (κ1) is 16.2. The fourth-order valence-corrected chi connectivity index (χ4v) is 2.31. The van der Waals surface area contributed by atoms with Crippen molar-refractivity contribution >= 4 is 11.8 Å². The third kappa shape index (κ3) is 5.74. The summed E-state index contributed by atoms with van der Waals surface area (Å²) in [6.45, 7) is 2.62. The van der Waals surface area contributed by atoms with E-state index in [4.69, 9.17) is 0 Å². The highest BCUT2D eigenvalue weighted by Gasteiger charge is 2.32. The van der Waals surface area contributed by atoms with Gasteiger partial charge in [-0.05, 0) is 31.0 Å². The lowest BCUT2D eigenvalue weighted by Gasteiger charge is -2.21. The molecule has 1 aromatic rings. The van der Waals surface area contributed by atoms with Gasteiger partial charge in [0.25, 0.3) is 0 Å². The van der Waals surface area contributed by atoms with Crippen molar-refractivity contribution in [3.63, 3.8) is 0 Å². The third-order valence-electron chi connectivity index (χ3n) is 2.58. The van der Waals surface area contributed by atoms with Gasteiger partial charge in [-0.1, -0.05) is 25.1 Å². The first-order valence-electron chi connectivity index (χ1n) is 6.05. The largest absolute Gasteiger partial charge is 0.573 e. The summed E-state index contributed by atoms with van der Waals surface area (Å²) < 4.78 is 41.2. The molecule has 0 saturated heterocycles. The maximum Gasteiger partial charge on any atom is 0.573 e. The van der Waals surface area contributed by atoms with Gasteiger partial charge in [-0.25, -0.2) is 0 Å². The number of hydrogen-bond acceptors (Lipinski definition) is 3. The summed E-state index contributed by atoms with van der Waals surface area (Å²) in [6, 6.07) is 6.17. The Morgan fingerprint density at radius 1 is 1.32 bits per heavy atom. The molecule has 0 aliphatic carbocycles. The number of ether oxygens (including phenoxy) is 1. The van der Waals surface area contributed by atoms with Crippen molar-refractivity contribution in [2.45, 2.75) is 25.7 Å². The van der Waals surface area contributed by atoms with Crippen LogP contribution in [-0.2, 0) is 0 Å². The number of hydrogen-bond donors (Lipinski definition) is 1. The highest BCUT2D eigenvalue weighted by atomic mass is 32.2. The van der Waals surface area contributed by atoms with Gasteiger partial charge in [-0.15, -0.1) is 13.2 Å². The van der Waals surface area contributed by atoms with Crippen molar-refractivity contribution in [2.24, 2.45) is 0 Å². The molecule has 0 radical (unpaired) electrons. The smallest absolute Gasteiger partial charge is 0.405 e. The molecule has 19 heavy (non-hydrogen) atoms. The van der Waals surface area contributed by atoms with Crippen LogP contribution in [-0.4, -0.2) is 24.9 Å². The second-order valence-electron chi connectivity index (χ2n) is 3.98. The van der Waals surface area contributed by atoms with E-state index in [0.29, 0.717) is 12.1 Å². The minimum atomic E-state index is -4.66. The molecule has 1 aromatic carbocycles. The van der Waals surface area contributed by atoms with E-state index in [1.54, 1.807) is 30.0 Å². The van der Waals surface area contributed by atoms with Gasteiger partial charge in [-0.3, -0.25) is 0 Å². The minimum Gasteiger partial charge on any atom is -0.405 e. The summed E-state index contributed by atoms with van der Waals surface area (Å²) in [5, 5.41) is 3.20. The van der Waals surface area contributed by atoms with Crippen molar-refractivity contribution in [3.05, 3.63) is 29.8 Å². The lowest BCUT2D eigenvalue weighted by Crippen LogP contribution is -2.24. The van der Waals surface area contributed by atoms with Crippen molar-refractivity contribution in [1.82, 2.24) is 5.32 Å². The molecule has 0 aliphatic rings. The van der Waals surface area contributed by atoms with Crippen LogP contribution in [0.25, 0.3) is 0 Å². The zero-order valence-corrected chi connectivity index (χ0v) is 11.8. The molecule has 6 heteroatoms. The summed E-state index contributed by atoms with van der Waals surface area (Å²) in [5.41, 5.74) is 0.552. The van der Waals surface area contributed by atoms with Crippen molar-refractivity contribution in [3.8, 4) is 5.75 Å². The fraction of sp³-hybridized carbons (Fsp3) is 0.538. The van der Waals surface area contributed by atoms with Crippen LogP contribution in [0.15, 0.2) is 24.3 Å². The van der Waals surface area contributed by atoms with Gasteiger partial charge in [-0.2, -0.15) is 11.8 Å². The van der Waals surface area contributed by atoms with Gasteiger partial charge in [0.05, 0.1) is 0 Å². The molecule has 1 N–H and O–H groups in total. The van der Waals surface area contributed by atoms with Gasteiger partial charge in [0.15, 0.2) is 0 Å². The number of nitrogens with one attached hydrogen (secondary N) is 1. The number of thioether (sulfide) groups is 1. The van der Waals surface area contributed by atoms with E-state index >= 15 is 0 Å². The number of halogens is 3. The van der Waals surface area contributed by atoms with Gasteiger partial charge in [0.2, 0.25) is 0 Å². The molecule has 0 heterocycles. The molecule has 0 amide bonds. The van der Waals surface area contributed by atoms with Crippen molar-refractivity contribution in [1.29, 1.82) is 0 Å². The molecule has 2 nitrogen and oxygen atoms in total. The Labute approximate surface area is 115 Å². The Hall–Kier alpha value is -0.880. The van der Waals surface area contributed by atoms with Gasteiger partial charge >= 0.3 is 6.36 Å². The molecule has 0 saturated carbocycles.